The number of allylic oxidation sites excluding steroid dienone is 2. The zero-order valence-corrected chi connectivity index (χ0v) is 19.3. The Labute approximate surface area is 188 Å². The summed E-state index contributed by atoms with van der Waals surface area (Å²) in [5.41, 5.74) is 1.84. The molecule has 1 aromatic heterocycles. The van der Waals surface area contributed by atoms with Crippen LogP contribution in [0.25, 0.3) is 0 Å². The molecule has 0 N–H and O–H groups in total. The van der Waals surface area contributed by atoms with Gasteiger partial charge in [-0.05, 0) is 41.9 Å². The zero-order chi connectivity index (χ0) is 22.7. The van der Waals surface area contributed by atoms with Gasteiger partial charge in [0.25, 0.3) is 6.02 Å². The largest absolute Gasteiger partial charge is 0.465 e. The van der Waals surface area contributed by atoms with Crippen LogP contribution < -0.4 is 0 Å². The Morgan fingerprint density at radius 3 is 2.81 bits per heavy atom. The van der Waals surface area contributed by atoms with Crippen molar-refractivity contribution < 1.29 is 13.5 Å². The quantitative estimate of drug-likeness (QED) is 0.440. The summed E-state index contributed by atoms with van der Waals surface area (Å²) in [4.78, 5) is 20.6. The first-order valence-corrected chi connectivity index (χ1v) is 10.3. The lowest BCUT2D eigenvalue weighted by Crippen LogP contribution is -2.51. The molecule has 164 valence electrons. The molecule has 0 saturated heterocycles. The van der Waals surface area contributed by atoms with E-state index in [1.165, 1.54) is 25.4 Å². The molecular weight excluding hydrogens is 470 g/mol. The molecule has 0 amide bonds. The second-order valence-electron chi connectivity index (χ2n) is 6.87. The lowest BCUT2D eigenvalue weighted by molar-refractivity contribution is 0.164. The first-order valence-electron chi connectivity index (χ1n) is 9.55. The third-order valence-electron chi connectivity index (χ3n) is 4.67. The number of rotatable bonds is 6. The van der Waals surface area contributed by atoms with E-state index < -0.39 is 17.8 Å². The molecule has 0 spiro atoms. The Bertz CT molecular complexity index is 1050. The fourth-order valence-corrected chi connectivity index (χ4v) is 3.64. The summed E-state index contributed by atoms with van der Waals surface area (Å²) in [5, 5.41) is 0. The predicted molar refractivity (Wildman–Crippen MR) is 121 cm³/mol. The standard InChI is InChI=1S/C21H23BrF2N6O/c1-6-31-21-27-13(3)18-20(29(21)5)30(11-17-16(24)8-14(22)9-26-17)19(28-18)12(2)7-15(23)10-25-4/h7-10,20H,2,6,11H2,1,3-5H3/b15-7+,25-10-. The van der Waals surface area contributed by atoms with Crippen molar-refractivity contribution in [3.8, 4) is 0 Å². The Morgan fingerprint density at radius 2 is 2.16 bits per heavy atom. The Hall–Kier alpha value is -2.88. The van der Waals surface area contributed by atoms with Crippen molar-refractivity contribution in [2.75, 3.05) is 20.7 Å². The van der Waals surface area contributed by atoms with Gasteiger partial charge in [-0.2, -0.15) is 0 Å². The highest BCUT2D eigenvalue weighted by Crippen LogP contribution is 2.34. The van der Waals surface area contributed by atoms with Gasteiger partial charge < -0.3 is 14.5 Å². The normalized spacial score (nSPS) is 19.1. The van der Waals surface area contributed by atoms with E-state index in [0.29, 0.717) is 39.9 Å². The van der Waals surface area contributed by atoms with Crippen LogP contribution in [0.2, 0.25) is 0 Å². The number of hydrogen-bond donors (Lipinski definition) is 0. The van der Waals surface area contributed by atoms with Gasteiger partial charge in [-0.15, -0.1) is 0 Å². The van der Waals surface area contributed by atoms with E-state index in [1.807, 2.05) is 20.9 Å². The number of likely N-dealkylation sites (N-methyl/N-ethyl adjacent to an activating group) is 1. The molecule has 2 aliphatic rings. The molecule has 1 unspecified atom stereocenters. The fourth-order valence-electron chi connectivity index (χ4n) is 3.34. The Balaban J connectivity index is 2.06. The number of halogens is 3. The highest BCUT2D eigenvalue weighted by atomic mass is 79.9. The van der Waals surface area contributed by atoms with Crippen LogP contribution >= 0.6 is 15.9 Å². The molecule has 0 fully saturated rings. The van der Waals surface area contributed by atoms with Gasteiger partial charge >= 0.3 is 0 Å². The van der Waals surface area contributed by atoms with Crippen molar-refractivity contribution in [3.05, 3.63) is 63.7 Å². The zero-order valence-electron chi connectivity index (χ0n) is 17.7. The average Bonchev–Trinajstić information content (AvgIpc) is 3.08. The fraction of sp³-hybridized carbons (Fsp3) is 0.333. The van der Waals surface area contributed by atoms with E-state index in [9.17, 15) is 8.78 Å². The summed E-state index contributed by atoms with van der Waals surface area (Å²) in [7, 11) is 3.28. The molecule has 0 aliphatic carbocycles. The number of amidine groups is 2. The van der Waals surface area contributed by atoms with Crippen molar-refractivity contribution in [2.24, 2.45) is 15.0 Å². The van der Waals surface area contributed by atoms with Crippen molar-refractivity contribution in [1.29, 1.82) is 0 Å². The van der Waals surface area contributed by atoms with Gasteiger partial charge in [-0.25, -0.2) is 18.8 Å². The van der Waals surface area contributed by atoms with E-state index >= 15 is 0 Å². The van der Waals surface area contributed by atoms with E-state index in [-0.39, 0.29) is 12.2 Å². The van der Waals surface area contributed by atoms with Crippen LogP contribution in [0.1, 0.15) is 19.5 Å². The topological polar surface area (TPSA) is 65.7 Å². The van der Waals surface area contributed by atoms with Gasteiger partial charge in [-0.3, -0.25) is 9.98 Å². The minimum absolute atomic E-state index is 0.0828. The van der Waals surface area contributed by atoms with E-state index in [4.69, 9.17) is 4.74 Å². The van der Waals surface area contributed by atoms with Gasteiger partial charge in [-0.1, -0.05) is 6.58 Å². The van der Waals surface area contributed by atoms with Gasteiger partial charge in [0, 0.05) is 30.3 Å². The van der Waals surface area contributed by atoms with E-state index in [2.05, 4.69) is 42.5 Å². The third kappa shape index (κ3) is 4.73. The molecule has 1 aromatic rings. The summed E-state index contributed by atoms with van der Waals surface area (Å²) in [6.07, 6.45) is 3.41. The van der Waals surface area contributed by atoms with Crippen LogP contribution in [0, 0.1) is 5.82 Å². The van der Waals surface area contributed by atoms with Gasteiger partial charge in [0.15, 0.2) is 6.17 Å². The van der Waals surface area contributed by atoms with Crippen LogP contribution in [0.3, 0.4) is 0 Å². The number of hydrogen-bond acceptors (Lipinski definition) is 7. The Kier molecular flexibility index (Phi) is 6.99. The molecule has 3 rings (SSSR count). The minimum atomic E-state index is -0.566. The first-order chi connectivity index (χ1) is 14.8. The molecule has 7 nitrogen and oxygen atoms in total. The summed E-state index contributed by atoms with van der Waals surface area (Å²) in [5.74, 6) is -0.642. The number of aliphatic imine (C=N–C) groups is 3. The van der Waals surface area contributed by atoms with Gasteiger partial charge in [0.05, 0.1) is 30.8 Å². The molecule has 1 atom stereocenters. The predicted octanol–water partition coefficient (Wildman–Crippen LogP) is 4.20. The van der Waals surface area contributed by atoms with Crippen molar-refractivity contribution in [3.63, 3.8) is 0 Å². The molecule has 0 aromatic carbocycles. The molecule has 0 bridgehead atoms. The van der Waals surface area contributed by atoms with Crippen molar-refractivity contribution >= 4 is 34.0 Å². The van der Waals surface area contributed by atoms with Crippen LogP contribution in [-0.4, -0.2) is 59.7 Å². The van der Waals surface area contributed by atoms with Crippen LogP contribution in [0.5, 0.6) is 0 Å². The maximum absolute atomic E-state index is 14.6. The molecule has 2 aliphatic heterocycles. The molecule has 31 heavy (non-hydrogen) atoms. The number of pyridine rings is 1. The number of ether oxygens (including phenoxy) is 1. The van der Waals surface area contributed by atoms with Crippen molar-refractivity contribution in [1.82, 2.24) is 14.8 Å². The van der Waals surface area contributed by atoms with Crippen LogP contribution in [-0.2, 0) is 11.3 Å². The lowest BCUT2D eigenvalue weighted by atomic mass is 10.2. The lowest BCUT2D eigenvalue weighted by Gasteiger charge is -2.37. The Morgan fingerprint density at radius 1 is 1.42 bits per heavy atom. The van der Waals surface area contributed by atoms with E-state index in [1.54, 1.807) is 9.80 Å². The van der Waals surface area contributed by atoms with Crippen molar-refractivity contribution in [2.45, 2.75) is 26.6 Å². The highest BCUT2D eigenvalue weighted by molar-refractivity contribution is 9.10. The third-order valence-corrected chi connectivity index (χ3v) is 5.10. The number of aromatic nitrogens is 1. The average molecular weight is 493 g/mol. The molecule has 3 heterocycles. The number of nitrogens with zero attached hydrogens (tertiary/aromatic N) is 6. The minimum Gasteiger partial charge on any atom is -0.465 e. The van der Waals surface area contributed by atoms with Crippen LogP contribution in [0.4, 0.5) is 8.78 Å². The maximum atomic E-state index is 14.6. The number of fused-ring (bicyclic) bond motifs is 1. The monoisotopic (exact) mass is 492 g/mol. The van der Waals surface area contributed by atoms with Gasteiger partial charge in [0.1, 0.15) is 23.2 Å². The second kappa shape index (κ2) is 9.51. The summed E-state index contributed by atoms with van der Waals surface area (Å²) in [6, 6.07) is 1.77. The maximum Gasteiger partial charge on any atom is 0.294 e. The summed E-state index contributed by atoms with van der Waals surface area (Å²) in [6.45, 7) is 8.17. The first kappa shape index (κ1) is 22.8. The highest BCUT2D eigenvalue weighted by Gasteiger charge is 2.41. The van der Waals surface area contributed by atoms with Gasteiger partial charge in [0.2, 0.25) is 0 Å². The molecule has 10 heteroatoms. The second-order valence-corrected chi connectivity index (χ2v) is 7.79. The molecule has 0 radical (unpaired) electrons. The summed E-state index contributed by atoms with van der Waals surface area (Å²) < 4.78 is 34.9. The molecular formula is C21H23BrF2N6O. The van der Waals surface area contributed by atoms with Crippen LogP contribution in [0.15, 0.2) is 67.2 Å². The molecule has 0 saturated carbocycles. The smallest absolute Gasteiger partial charge is 0.294 e. The van der Waals surface area contributed by atoms with E-state index in [0.717, 1.165) is 6.21 Å². The summed E-state index contributed by atoms with van der Waals surface area (Å²) >= 11 is 3.22. The SMILES string of the molecule is C=C(/C=C(F)\C=N/C)C1=NC2=C(C)N=C(OCC)N(C)C2N1Cc1ncc(Br)cc1F.